The van der Waals surface area contributed by atoms with Crippen molar-refractivity contribution in [2.75, 3.05) is 19.9 Å². The van der Waals surface area contributed by atoms with E-state index in [1.165, 1.54) is 7.11 Å². The molecule has 0 saturated carbocycles. The Morgan fingerprint density at radius 1 is 1.14 bits per heavy atom. The van der Waals surface area contributed by atoms with E-state index in [4.69, 9.17) is 10.5 Å². The summed E-state index contributed by atoms with van der Waals surface area (Å²) in [4.78, 5) is 12.7. The van der Waals surface area contributed by atoms with Gasteiger partial charge in [-0.25, -0.2) is 8.42 Å². The molecule has 0 bridgehead atoms. The fourth-order valence-corrected chi connectivity index (χ4v) is 3.41. The molecule has 6 nitrogen and oxygen atoms in total. The van der Waals surface area contributed by atoms with Crippen LogP contribution >= 0.6 is 12.4 Å². The van der Waals surface area contributed by atoms with Crippen molar-refractivity contribution in [3.63, 3.8) is 0 Å². The second kappa shape index (κ2) is 10.6. The van der Waals surface area contributed by atoms with Gasteiger partial charge in [-0.3, -0.25) is 4.79 Å². The lowest BCUT2D eigenvalue weighted by Gasteiger charge is -2.22. The third-order valence-corrected chi connectivity index (χ3v) is 5.46. The van der Waals surface area contributed by atoms with Gasteiger partial charge in [0.1, 0.15) is 0 Å². The molecule has 2 atom stereocenters. The summed E-state index contributed by atoms with van der Waals surface area (Å²) in [5.74, 6) is -0.220. The Labute approximate surface area is 172 Å². The van der Waals surface area contributed by atoms with Crippen LogP contribution in [0, 0.1) is 6.92 Å². The molecule has 2 rings (SSSR count). The van der Waals surface area contributed by atoms with E-state index < -0.39 is 15.9 Å². The number of amides is 1. The van der Waals surface area contributed by atoms with Crippen LogP contribution in [0.3, 0.4) is 0 Å². The fourth-order valence-electron chi connectivity index (χ4n) is 2.73. The number of methoxy groups -OCH3 is 1. The Balaban J connectivity index is 0.00000392. The molecule has 3 N–H and O–H groups in total. The first-order chi connectivity index (χ1) is 12.7. The number of halogens is 1. The molecule has 1 amide bonds. The number of benzene rings is 2. The zero-order valence-corrected chi connectivity index (χ0v) is 17.8. The summed E-state index contributed by atoms with van der Waals surface area (Å²) in [5, 5.41) is 2.98. The summed E-state index contributed by atoms with van der Waals surface area (Å²) in [6.45, 7) is 2.22. The predicted molar refractivity (Wildman–Crippen MR) is 112 cm³/mol. The third kappa shape index (κ3) is 6.60. The lowest BCUT2D eigenvalue weighted by molar-refractivity contribution is -0.123. The molecule has 154 valence electrons. The molecule has 2 aromatic carbocycles. The minimum atomic E-state index is -3.35. The summed E-state index contributed by atoms with van der Waals surface area (Å²) in [5.41, 5.74) is 8.24. The third-order valence-electron chi connectivity index (χ3n) is 4.34. The Morgan fingerprint density at radius 2 is 1.79 bits per heavy atom. The maximum Gasteiger partial charge on any atom is 0.223 e. The van der Waals surface area contributed by atoms with Crippen LogP contribution in [0.2, 0.25) is 0 Å². The molecule has 0 aliphatic heterocycles. The normalized spacial score (nSPS) is 13.3. The molecule has 2 unspecified atom stereocenters. The van der Waals surface area contributed by atoms with Crippen LogP contribution in [0.25, 0.3) is 0 Å². The fraction of sp³-hybridized carbons (Fsp3) is 0.350. The van der Waals surface area contributed by atoms with Gasteiger partial charge in [0.25, 0.3) is 0 Å². The zero-order chi connectivity index (χ0) is 20.0. The molecular formula is C20H27ClN2O4S. The van der Waals surface area contributed by atoms with E-state index in [0.717, 1.165) is 17.4 Å². The molecule has 0 fully saturated rings. The van der Waals surface area contributed by atoms with Gasteiger partial charge in [-0.15, -0.1) is 12.4 Å². The van der Waals surface area contributed by atoms with Crippen molar-refractivity contribution in [3.8, 4) is 0 Å². The summed E-state index contributed by atoms with van der Waals surface area (Å²) < 4.78 is 29.0. The standard InChI is InChI=1S/C20H26N2O4S.ClH/c1-14-7-9-15(10-8-14)20(22-19(23)12-17(13-21)26-2)16-5-4-6-18(11-16)27(3,24)25;/h4-11,17,20H,12-13,21H2,1-3H3,(H,22,23);1H. The lowest BCUT2D eigenvalue weighted by Crippen LogP contribution is -2.35. The Hall–Kier alpha value is -1.93. The monoisotopic (exact) mass is 426 g/mol. The van der Waals surface area contributed by atoms with Crippen LogP contribution < -0.4 is 11.1 Å². The van der Waals surface area contributed by atoms with Gasteiger partial charge in [0.05, 0.1) is 23.5 Å². The second-order valence-electron chi connectivity index (χ2n) is 6.55. The molecule has 0 spiro atoms. The van der Waals surface area contributed by atoms with Crippen LogP contribution in [-0.2, 0) is 19.4 Å². The average molecular weight is 427 g/mol. The maximum atomic E-state index is 12.5. The smallest absolute Gasteiger partial charge is 0.223 e. The van der Waals surface area contributed by atoms with Crippen LogP contribution in [-0.4, -0.2) is 40.3 Å². The first-order valence-electron chi connectivity index (χ1n) is 8.63. The lowest BCUT2D eigenvalue weighted by atomic mass is 9.97. The molecule has 0 aromatic heterocycles. The van der Waals surface area contributed by atoms with Crippen molar-refractivity contribution in [3.05, 3.63) is 65.2 Å². The van der Waals surface area contributed by atoms with Crippen LogP contribution in [0.5, 0.6) is 0 Å². The van der Waals surface area contributed by atoms with E-state index in [2.05, 4.69) is 5.32 Å². The van der Waals surface area contributed by atoms with Crippen molar-refractivity contribution in [2.24, 2.45) is 5.73 Å². The van der Waals surface area contributed by atoms with E-state index in [-0.39, 0.29) is 42.3 Å². The predicted octanol–water partition coefficient (Wildman–Crippen LogP) is 2.39. The second-order valence-corrected chi connectivity index (χ2v) is 8.57. The minimum Gasteiger partial charge on any atom is -0.380 e. The quantitative estimate of drug-likeness (QED) is 0.675. The van der Waals surface area contributed by atoms with Crippen LogP contribution in [0.4, 0.5) is 0 Å². The summed E-state index contributed by atoms with van der Waals surface area (Å²) >= 11 is 0. The molecule has 0 aliphatic carbocycles. The summed E-state index contributed by atoms with van der Waals surface area (Å²) in [6.07, 6.45) is 0.919. The molecule has 0 heterocycles. The van der Waals surface area contributed by atoms with Crippen LogP contribution in [0.1, 0.15) is 29.2 Å². The number of hydrogen-bond acceptors (Lipinski definition) is 5. The van der Waals surface area contributed by atoms with Gasteiger partial charge in [0.2, 0.25) is 5.91 Å². The SMILES string of the molecule is COC(CN)CC(=O)NC(c1ccc(C)cc1)c1cccc(S(C)(=O)=O)c1.Cl. The first kappa shape index (κ1) is 24.1. The highest BCUT2D eigenvalue weighted by molar-refractivity contribution is 7.90. The number of hydrogen-bond donors (Lipinski definition) is 2. The van der Waals surface area contributed by atoms with E-state index in [1.54, 1.807) is 24.3 Å². The van der Waals surface area contributed by atoms with Gasteiger partial charge in [-0.2, -0.15) is 0 Å². The van der Waals surface area contributed by atoms with Crippen molar-refractivity contribution >= 4 is 28.2 Å². The number of rotatable bonds is 8. The molecule has 0 radical (unpaired) electrons. The first-order valence-corrected chi connectivity index (χ1v) is 10.5. The number of carbonyl (C=O) groups excluding carboxylic acids is 1. The van der Waals surface area contributed by atoms with E-state index in [1.807, 2.05) is 31.2 Å². The molecule has 8 heteroatoms. The van der Waals surface area contributed by atoms with Crippen molar-refractivity contribution < 1.29 is 17.9 Å². The van der Waals surface area contributed by atoms with Gasteiger partial charge < -0.3 is 15.8 Å². The average Bonchev–Trinajstić information content (AvgIpc) is 2.64. The molecule has 28 heavy (non-hydrogen) atoms. The molecule has 0 saturated heterocycles. The van der Waals surface area contributed by atoms with Gasteiger partial charge in [0.15, 0.2) is 9.84 Å². The molecule has 2 aromatic rings. The Morgan fingerprint density at radius 3 is 2.32 bits per heavy atom. The molecular weight excluding hydrogens is 400 g/mol. The number of nitrogens with two attached hydrogens (primary N) is 1. The topological polar surface area (TPSA) is 98.5 Å². The number of nitrogens with one attached hydrogen (secondary N) is 1. The van der Waals surface area contributed by atoms with E-state index in [9.17, 15) is 13.2 Å². The Bertz CT molecular complexity index is 881. The van der Waals surface area contributed by atoms with Crippen molar-refractivity contribution in [1.82, 2.24) is 5.32 Å². The summed E-state index contributed by atoms with van der Waals surface area (Å²) in [7, 11) is -1.84. The van der Waals surface area contributed by atoms with Gasteiger partial charge >= 0.3 is 0 Å². The van der Waals surface area contributed by atoms with E-state index in [0.29, 0.717) is 5.56 Å². The number of aryl methyl sites for hydroxylation is 1. The van der Waals surface area contributed by atoms with Crippen LogP contribution in [0.15, 0.2) is 53.4 Å². The number of ether oxygens (including phenoxy) is 1. The maximum absolute atomic E-state index is 12.5. The Kier molecular flexibility index (Phi) is 9.10. The zero-order valence-electron chi connectivity index (χ0n) is 16.2. The number of sulfone groups is 1. The van der Waals surface area contributed by atoms with E-state index >= 15 is 0 Å². The number of carbonyl (C=O) groups is 1. The van der Waals surface area contributed by atoms with Crippen molar-refractivity contribution in [1.29, 1.82) is 0 Å². The summed E-state index contributed by atoms with van der Waals surface area (Å²) in [6, 6.07) is 13.9. The van der Waals surface area contributed by atoms with Crippen molar-refractivity contribution in [2.45, 2.75) is 30.4 Å². The van der Waals surface area contributed by atoms with Gasteiger partial charge in [0, 0.05) is 19.9 Å². The highest BCUT2D eigenvalue weighted by atomic mass is 35.5. The minimum absolute atomic E-state index is 0. The van der Waals surface area contributed by atoms with Gasteiger partial charge in [-0.05, 0) is 30.2 Å². The van der Waals surface area contributed by atoms with Gasteiger partial charge in [-0.1, -0.05) is 42.0 Å². The molecule has 0 aliphatic rings. The highest BCUT2D eigenvalue weighted by Crippen LogP contribution is 2.25. The highest BCUT2D eigenvalue weighted by Gasteiger charge is 2.20. The largest absolute Gasteiger partial charge is 0.380 e.